The summed E-state index contributed by atoms with van der Waals surface area (Å²) in [5.41, 5.74) is -0.605. The van der Waals surface area contributed by atoms with E-state index in [9.17, 15) is 9.90 Å². The van der Waals surface area contributed by atoms with E-state index < -0.39 is 11.6 Å². The highest BCUT2D eigenvalue weighted by Crippen LogP contribution is 2.33. The Kier molecular flexibility index (Phi) is 7.86. The number of aromatic nitrogens is 2. The molecule has 2 aliphatic rings. The Balaban J connectivity index is 1.74. The molecule has 0 radical (unpaired) electrons. The van der Waals surface area contributed by atoms with Gasteiger partial charge in [-0.2, -0.15) is 0 Å². The van der Waals surface area contributed by atoms with Crippen LogP contribution in [0.15, 0.2) is 18.0 Å². The van der Waals surface area contributed by atoms with E-state index in [2.05, 4.69) is 14.9 Å². The van der Waals surface area contributed by atoms with Crippen molar-refractivity contribution in [3.8, 4) is 0 Å². The van der Waals surface area contributed by atoms with Crippen molar-refractivity contribution < 1.29 is 19.4 Å². The Labute approximate surface area is 177 Å². The van der Waals surface area contributed by atoms with Crippen molar-refractivity contribution in [2.45, 2.75) is 63.9 Å². The van der Waals surface area contributed by atoms with Gasteiger partial charge in [0, 0.05) is 25.7 Å². The average molecular weight is 424 g/mol. The van der Waals surface area contributed by atoms with Gasteiger partial charge in [-0.15, -0.1) is 0 Å². The quantitative estimate of drug-likeness (QED) is 0.530. The third kappa shape index (κ3) is 5.90. The Morgan fingerprint density at radius 2 is 2.03 bits per heavy atom. The fourth-order valence-electron chi connectivity index (χ4n) is 3.93. The second-order valence-electron chi connectivity index (χ2n) is 7.69. The van der Waals surface area contributed by atoms with Gasteiger partial charge in [0.1, 0.15) is 18.1 Å². The summed E-state index contributed by atoms with van der Waals surface area (Å²) in [6.07, 6.45) is 10.3. The summed E-state index contributed by atoms with van der Waals surface area (Å²) in [5, 5.41) is 11.3. The van der Waals surface area contributed by atoms with Gasteiger partial charge in [-0.25, -0.2) is 14.8 Å². The molecule has 0 saturated carbocycles. The first-order valence-corrected chi connectivity index (χ1v) is 10.9. The zero-order valence-electron chi connectivity index (χ0n) is 17.0. The molecule has 1 aromatic heterocycles. The molecule has 3 rings (SSSR count). The molecule has 1 fully saturated rings. The molecule has 8 heteroatoms. The molecule has 0 amide bonds. The van der Waals surface area contributed by atoms with E-state index in [4.69, 9.17) is 21.1 Å². The summed E-state index contributed by atoms with van der Waals surface area (Å²) < 4.78 is 11.2. The van der Waals surface area contributed by atoms with Crippen molar-refractivity contribution in [2.75, 3.05) is 26.4 Å². The van der Waals surface area contributed by atoms with Crippen LogP contribution >= 0.6 is 11.6 Å². The highest BCUT2D eigenvalue weighted by Gasteiger charge is 2.37. The molecule has 7 nitrogen and oxygen atoms in total. The van der Waals surface area contributed by atoms with Crippen molar-refractivity contribution in [3.63, 3.8) is 0 Å². The molecule has 1 unspecified atom stereocenters. The third-order valence-electron chi connectivity index (χ3n) is 5.48. The predicted molar refractivity (Wildman–Crippen MR) is 110 cm³/mol. The van der Waals surface area contributed by atoms with Crippen LogP contribution in [0.5, 0.6) is 0 Å². The van der Waals surface area contributed by atoms with E-state index in [0.29, 0.717) is 24.5 Å². The summed E-state index contributed by atoms with van der Waals surface area (Å²) in [7, 11) is 0. The van der Waals surface area contributed by atoms with Gasteiger partial charge in [-0.3, -0.25) is 4.90 Å². The largest absolute Gasteiger partial charge is 0.495 e. The molecule has 1 aromatic rings. The number of likely N-dealkylation sites (tertiary alicyclic amines) is 1. The first-order valence-electron chi connectivity index (χ1n) is 10.5. The second kappa shape index (κ2) is 10.4. The van der Waals surface area contributed by atoms with Gasteiger partial charge in [-0.05, 0) is 56.7 Å². The van der Waals surface area contributed by atoms with Crippen LogP contribution < -0.4 is 0 Å². The molecule has 2 heterocycles. The minimum atomic E-state index is -1.22. The standard InChI is InChI=1S/C21H30ClN3O4/c1-2-28-18-9-5-6-10-21(18,27)13-17-16(14-23-20(22)24-17)19(26)29-15-25-11-7-3-4-8-12-25/h9,14,27H,2-8,10-13,15H2,1H3. The maximum absolute atomic E-state index is 12.8. The molecule has 1 saturated heterocycles. The summed E-state index contributed by atoms with van der Waals surface area (Å²) in [5.74, 6) is 0.0344. The Bertz CT molecular complexity index is 735. The van der Waals surface area contributed by atoms with Gasteiger partial charge in [0.25, 0.3) is 0 Å². The maximum atomic E-state index is 12.8. The number of aliphatic hydroxyl groups is 1. The second-order valence-corrected chi connectivity index (χ2v) is 8.03. The van der Waals surface area contributed by atoms with E-state index in [1.54, 1.807) is 0 Å². The lowest BCUT2D eigenvalue weighted by Gasteiger charge is -2.33. The lowest BCUT2D eigenvalue weighted by Crippen LogP contribution is -2.38. The summed E-state index contributed by atoms with van der Waals surface area (Å²) >= 11 is 5.99. The van der Waals surface area contributed by atoms with Crippen LogP contribution in [0.2, 0.25) is 5.28 Å². The number of halogens is 1. The van der Waals surface area contributed by atoms with Crippen LogP contribution in [0.1, 0.15) is 67.9 Å². The van der Waals surface area contributed by atoms with Gasteiger partial charge in [0.2, 0.25) is 5.28 Å². The molecule has 1 aliphatic heterocycles. The number of nitrogens with zero attached hydrogens (tertiary/aromatic N) is 3. The highest BCUT2D eigenvalue weighted by atomic mass is 35.5. The van der Waals surface area contributed by atoms with Crippen molar-refractivity contribution >= 4 is 17.6 Å². The number of allylic oxidation sites excluding steroid dienone is 1. The fourth-order valence-corrected chi connectivity index (χ4v) is 4.08. The van der Waals surface area contributed by atoms with Crippen LogP contribution in [-0.2, 0) is 15.9 Å². The predicted octanol–water partition coefficient (Wildman–Crippen LogP) is 3.50. The number of carbonyl (C=O) groups excluding carboxylic acids is 1. The first kappa shape index (κ1) is 22.0. The van der Waals surface area contributed by atoms with Gasteiger partial charge in [0.05, 0.1) is 17.9 Å². The molecule has 160 valence electrons. The minimum Gasteiger partial charge on any atom is -0.495 e. The minimum absolute atomic E-state index is 0.0328. The Morgan fingerprint density at radius 3 is 2.76 bits per heavy atom. The number of ether oxygens (including phenoxy) is 2. The molecular formula is C21H30ClN3O4. The highest BCUT2D eigenvalue weighted by molar-refractivity contribution is 6.28. The molecule has 1 N–H and O–H groups in total. The van der Waals surface area contributed by atoms with Crippen LogP contribution in [0.3, 0.4) is 0 Å². The number of hydrogen-bond acceptors (Lipinski definition) is 7. The summed E-state index contributed by atoms with van der Waals surface area (Å²) in [6, 6.07) is 0. The Morgan fingerprint density at radius 1 is 1.28 bits per heavy atom. The van der Waals surface area contributed by atoms with Gasteiger partial charge >= 0.3 is 5.97 Å². The number of hydrogen-bond donors (Lipinski definition) is 1. The number of rotatable bonds is 7. The molecule has 0 spiro atoms. The first-order chi connectivity index (χ1) is 14.0. The third-order valence-corrected chi connectivity index (χ3v) is 5.66. The van der Waals surface area contributed by atoms with Gasteiger partial charge in [0.15, 0.2) is 0 Å². The molecule has 0 aromatic carbocycles. The van der Waals surface area contributed by atoms with Gasteiger partial charge in [-0.1, -0.05) is 12.8 Å². The molecule has 1 atom stereocenters. The molecule has 0 bridgehead atoms. The van der Waals surface area contributed by atoms with Crippen molar-refractivity contribution in [3.05, 3.63) is 34.6 Å². The van der Waals surface area contributed by atoms with E-state index >= 15 is 0 Å². The van der Waals surface area contributed by atoms with E-state index in [-0.39, 0.29) is 24.0 Å². The van der Waals surface area contributed by atoms with Gasteiger partial charge < -0.3 is 14.6 Å². The molecule has 1 aliphatic carbocycles. The fraction of sp³-hybridized carbons (Fsp3) is 0.667. The van der Waals surface area contributed by atoms with Crippen LogP contribution in [0, 0.1) is 0 Å². The SMILES string of the molecule is CCOC1=CCCCC1(O)Cc1nc(Cl)ncc1C(=O)OCN1CCCCCC1. The van der Waals surface area contributed by atoms with Crippen molar-refractivity contribution in [2.24, 2.45) is 0 Å². The normalized spacial score (nSPS) is 23.2. The zero-order chi connectivity index (χ0) is 20.7. The average Bonchev–Trinajstić information content (AvgIpc) is 2.97. The molecular weight excluding hydrogens is 394 g/mol. The zero-order valence-corrected chi connectivity index (χ0v) is 17.8. The van der Waals surface area contributed by atoms with Crippen molar-refractivity contribution in [1.29, 1.82) is 0 Å². The topological polar surface area (TPSA) is 84.8 Å². The van der Waals surface area contributed by atoms with E-state index in [1.165, 1.54) is 19.0 Å². The van der Waals surface area contributed by atoms with E-state index in [1.807, 2.05) is 13.0 Å². The van der Waals surface area contributed by atoms with Crippen molar-refractivity contribution in [1.82, 2.24) is 14.9 Å². The lowest BCUT2D eigenvalue weighted by molar-refractivity contribution is -0.00286. The van der Waals surface area contributed by atoms with E-state index in [0.717, 1.165) is 38.8 Å². The number of esters is 1. The lowest BCUT2D eigenvalue weighted by atomic mass is 9.84. The number of carbonyl (C=O) groups is 1. The molecule has 29 heavy (non-hydrogen) atoms. The Hall–Kier alpha value is -1.70. The maximum Gasteiger partial charge on any atom is 0.342 e. The summed E-state index contributed by atoms with van der Waals surface area (Å²) in [6.45, 7) is 4.45. The monoisotopic (exact) mass is 423 g/mol. The van der Waals surface area contributed by atoms with Crippen LogP contribution in [-0.4, -0.2) is 58.0 Å². The van der Waals surface area contributed by atoms with Crippen LogP contribution in [0.4, 0.5) is 0 Å². The van der Waals surface area contributed by atoms with Crippen LogP contribution in [0.25, 0.3) is 0 Å². The smallest absolute Gasteiger partial charge is 0.342 e. The summed E-state index contributed by atoms with van der Waals surface area (Å²) in [4.78, 5) is 23.1.